The van der Waals surface area contributed by atoms with Crippen LogP contribution in [0.5, 0.6) is 0 Å². The standard InChI is InChI=1S/C21H22N6O/c28-21-26-19-20(27(21)13-14-4-2-1-3-5-14)25-18(12-22-19)16-8-6-15(7-9-16)17-10-23-24-11-17/h6-12,14H,1-5,13H2,(H,23,24)(H,22,26,28). The van der Waals surface area contributed by atoms with Gasteiger partial charge in [0.15, 0.2) is 11.3 Å². The van der Waals surface area contributed by atoms with Gasteiger partial charge < -0.3 is 0 Å². The van der Waals surface area contributed by atoms with Gasteiger partial charge in [-0.15, -0.1) is 0 Å². The van der Waals surface area contributed by atoms with Crippen LogP contribution in [-0.2, 0) is 6.54 Å². The van der Waals surface area contributed by atoms with Crippen molar-refractivity contribution in [3.63, 3.8) is 0 Å². The van der Waals surface area contributed by atoms with E-state index in [0.29, 0.717) is 17.2 Å². The maximum absolute atomic E-state index is 12.5. The lowest BCUT2D eigenvalue weighted by atomic mass is 9.89. The zero-order chi connectivity index (χ0) is 18.9. The highest BCUT2D eigenvalue weighted by Gasteiger charge is 2.18. The van der Waals surface area contributed by atoms with Crippen LogP contribution in [0, 0.1) is 5.92 Å². The molecule has 1 aliphatic rings. The fourth-order valence-electron chi connectivity index (χ4n) is 4.10. The van der Waals surface area contributed by atoms with Gasteiger partial charge in [0.05, 0.1) is 18.1 Å². The molecule has 0 spiro atoms. The third-order valence-corrected chi connectivity index (χ3v) is 5.66. The fraction of sp³-hybridized carbons (Fsp3) is 0.333. The van der Waals surface area contributed by atoms with Gasteiger partial charge in [-0.25, -0.2) is 14.8 Å². The Morgan fingerprint density at radius 3 is 2.54 bits per heavy atom. The molecule has 3 heterocycles. The lowest BCUT2D eigenvalue weighted by Crippen LogP contribution is -2.23. The van der Waals surface area contributed by atoms with Crippen molar-refractivity contribution < 1.29 is 0 Å². The summed E-state index contributed by atoms with van der Waals surface area (Å²) in [5.41, 5.74) is 4.95. The second-order valence-corrected chi connectivity index (χ2v) is 7.54. The molecule has 0 unspecified atom stereocenters. The molecule has 7 heteroatoms. The molecule has 1 fully saturated rings. The minimum Gasteiger partial charge on any atom is -0.289 e. The van der Waals surface area contributed by atoms with Crippen LogP contribution in [-0.4, -0.2) is 29.7 Å². The second-order valence-electron chi connectivity index (χ2n) is 7.54. The van der Waals surface area contributed by atoms with Crippen LogP contribution in [0.25, 0.3) is 33.7 Å². The minimum absolute atomic E-state index is 0.118. The monoisotopic (exact) mass is 374 g/mol. The van der Waals surface area contributed by atoms with Gasteiger partial charge in [-0.05, 0) is 24.3 Å². The molecule has 0 radical (unpaired) electrons. The summed E-state index contributed by atoms with van der Waals surface area (Å²) in [5, 5.41) is 6.82. The molecule has 1 saturated carbocycles. The van der Waals surface area contributed by atoms with Crippen LogP contribution in [0.15, 0.2) is 47.7 Å². The van der Waals surface area contributed by atoms with Gasteiger partial charge in [-0.1, -0.05) is 43.5 Å². The first-order valence-electron chi connectivity index (χ1n) is 9.83. The largest absolute Gasteiger partial charge is 0.328 e. The molecule has 4 aromatic rings. The van der Waals surface area contributed by atoms with Gasteiger partial charge in [-0.2, -0.15) is 5.10 Å². The molecule has 142 valence electrons. The SMILES string of the molecule is O=c1[nH]c2ncc(-c3ccc(-c4cn[nH]c4)cc3)nc2n1CC1CCCCC1. The summed E-state index contributed by atoms with van der Waals surface area (Å²) in [7, 11) is 0. The number of nitrogens with zero attached hydrogens (tertiary/aromatic N) is 4. The van der Waals surface area contributed by atoms with Crippen LogP contribution in [0.2, 0.25) is 0 Å². The number of nitrogens with one attached hydrogen (secondary N) is 2. The topological polar surface area (TPSA) is 92.2 Å². The van der Waals surface area contributed by atoms with Crippen molar-refractivity contribution in [3.8, 4) is 22.4 Å². The van der Waals surface area contributed by atoms with E-state index in [4.69, 9.17) is 4.98 Å². The predicted octanol–water partition coefficient (Wildman–Crippen LogP) is 3.76. The second kappa shape index (κ2) is 7.07. The van der Waals surface area contributed by atoms with Crippen molar-refractivity contribution in [2.75, 3.05) is 0 Å². The van der Waals surface area contributed by atoms with Gasteiger partial charge in [0.1, 0.15) is 0 Å². The number of aromatic nitrogens is 6. The molecule has 7 nitrogen and oxygen atoms in total. The third-order valence-electron chi connectivity index (χ3n) is 5.66. The third kappa shape index (κ3) is 3.13. The van der Waals surface area contributed by atoms with Crippen LogP contribution in [0.4, 0.5) is 0 Å². The molecule has 1 aromatic carbocycles. The molecular formula is C21H22N6O. The Hall–Kier alpha value is -3.22. The Morgan fingerprint density at radius 1 is 1.00 bits per heavy atom. The van der Waals surface area contributed by atoms with E-state index in [1.165, 1.54) is 32.1 Å². The van der Waals surface area contributed by atoms with Crippen molar-refractivity contribution in [2.45, 2.75) is 38.6 Å². The van der Waals surface area contributed by atoms with Crippen molar-refractivity contribution in [3.05, 3.63) is 53.3 Å². The molecule has 0 atom stereocenters. The molecule has 0 amide bonds. The van der Waals surface area contributed by atoms with Gasteiger partial charge in [0, 0.05) is 23.9 Å². The molecule has 28 heavy (non-hydrogen) atoms. The summed E-state index contributed by atoms with van der Waals surface area (Å²) >= 11 is 0. The van der Waals surface area contributed by atoms with Gasteiger partial charge in [-0.3, -0.25) is 14.6 Å². The van der Waals surface area contributed by atoms with Crippen molar-refractivity contribution in [1.82, 2.24) is 29.7 Å². The number of hydrogen-bond donors (Lipinski definition) is 2. The molecule has 0 bridgehead atoms. The Kier molecular flexibility index (Phi) is 4.27. The molecule has 5 rings (SSSR count). The fourth-order valence-corrected chi connectivity index (χ4v) is 4.10. The highest BCUT2D eigenvalue weighted by Crippen LogP contribution is 2.26. The molecule has 3 aromatic heterocycles. The predicted molar refractivity (Wildman–Crippen MR) is 108 cm³/mol. The Bertz CT molecular complexity index is 1130. The Labute approximate surface area is 161 Å². The summed E-state index contributed by atoms with van der Waals surface area (Å²) < 4.78 is 1.77. The van der Waals surface area contributed by atoms with E-state index in [-0.39, 0.29) is 5.69 Å². The van der Waals surface area contributed by atoms with Crippen LogP contribution in [0.3, 0.4) is 0 Å². The van der Waals surface area contributed by atoms with E-state index in [1.54, 1.807) is 17.0 Å². The summed E-state index contributed by atoms with van der Waals surface area (Å²) in [6, 6.07) is 8.12. The highest BCUT2D eigenvalue weighted by molar-refractivity contribution is 5.72. The summed E-state index contributed by atoms with van der Waals surface area (Å²) in [6.07, 6.45) is 11.6. The number of imidazole rings is 1. The maximum atomic E-state index is 12.5. The van der Waals surface area contributed by atoms with Gasteiger partial charge in [0.2, 0.25) is 0 Å². The Morgan fingerprint density at radius 2 is 1.79 bits per heavy atom. The lowest BCUT2D eigenvalue weighted by molar-refractivity contribution is 0.319. The number of rotatable bonds is 4. The molecule has 0 aliphatic heterocycles. The first-order valence-corrected chi connectivity index (χ1v) is 9.83. The summed E-state index contributed by atoms with van der Waals surface area (Å²) in [5.74, 6) is 0.546. The summed E-state index contributed by atoms with van der Waals surface area (Å²) in [6.45, 7) is 0.719. The van der Waals surface area contributed by atoms with E-state index in [1.807, 2.05) is 30.5 Å². The smallest absolute Gasteiger partial charge is 0.289 e. The van der Waals surface area contributed by atoms with E-state index >= 15 is 0 Å². The van der Waals surface area contributed by atoms with Crippen LogP contribution >= 0.6 is 0 Å². The number of aromatic amines is 2. The number of benzene rings is 1. The first-order chi connectivity index (χ1) is 13.8. The van der Waals surface area contributed by atoms with Crippen LogP contribution < -0.4 is 5.69 Å². The molecule has 0 saturated heterocycles. The number of fused-ring (bicyclic) bond motifs is 1. The molecular weight excluding hydrogens is 352 g/mol. The zero-order valence-corrected chi connectivity index (χ0v) is 15.6. The number of hydrogen-bond acceptors (Lipinski definition) is 4. The van der Waals surface area contributed by atoms with Gasteiger partial charge >= 0.3 is 5.69 Å². The van der Waals surface area contributed by atoms with E-state index in [2.05, 4.69) is 20.2 Å². The quantitative estimate of drug-likeness (QED) is 0.569. The lowest BCUT2D eigenvalue weighted by Gasteiger charge is -2.21. The Balaban J connectivity index is 1.48. The average Bonchev–Trinajstić information content (AvgIpc) is 3.38. The van der Waals surface area contributed by atoms with E-state index in [9.17, 15) is 4.79 Å². The van der Waals surface area contributed by atoms with Crippen molar-refractivity contribution in [1.29, 1.82) is 0 Å². The van der Waals surface area contributed by atoms with E-state index in [0.717, 1.165) is 28.9 Å². The first kappa shape index (κ1) is 16.9. The zero-order valence-electron chi connectivity index (χ0n) is 15.6. The normalized spacial score (nSPS) is 15.3. The average molecular weight is 374 g/mol. The van der Waals surface area contributed by atoms with Crippen molar-refractivity contribution in [2.24, 2.45) is 5.92 Å². The van der Waals surface area contributed by atoms with Gasteiger partial charge in [0.25, 0.3) is 0 Å². The minimum atomic E-state index is -0.118. The number of H-pyrrole nitrogens is 2. The highest BCUT2D eigenvalue weighted by atomic mass is 16.1. The molecule has 1 aliphatic carbocycles. The molecule has 2 N–H and O–H groups in total. The maximum Gasteiger partial charge on any atom is 0.328 e. The summed E-state index contributed by atoms with van der Waals surface area (Å²) in [4.78, 5) is 24.5. The van der Waals surface area contributed by atoms with Crippen molar-refractivity contribution >= 4 is 11.3 Å². The van der Waals surface area contributed by atoms with E-state index < -0.39 is 0 Å². The van der Waals surface area contributed by atoms with Crippen LogP contribution in [0.1, 0.15) is 32.1 Å².